The van der Waals surface area contributed by atoms with E-state index in [-0.39, 0.29) is 0 Å². The first-order valence-corrected chi connectivity index (χ1v) is 4.76. The zero-order valence-electron chi connectivity index (χ0n) is 7.94. The standard InChI is InChI=1S/C9H14N4O/c10-8-4-9(12-6-11-8)13-7-2-1-3-14-5-7/h4,6-7H,1-3,5H2,(H3,10,11,12,13). The summed E-state index contributed by atoms with van der Waals surface area (Å²) in [5, 5.41) is 3.27. The Balaban J connectivity index is 1.95. The SMILES string of the molecule is Nc1cc(NC2CCCOC2)ncn1. The van der Waals surface area contributed by atoms with Gasteiger partial charge in [0.1, 0.15) is 18.0 Å². The monoisotopic (exact) mass is 194 g/mol. The van der Waals surface area contributed by atoms with E-state index < -0.39 is 0 Å². The van der Waals surface area contributed by atoms with Gasteiger partial charge in [-0.2, -0.15) is 0 Å². The highest BCUT2D eigenvalue weighted by Crippen LogP contribution is 2.12. The summed E-state index contributed by atoms with van der Waals surface area (Å²) in [5.41, 5.74) is 5.54. The van der Waals surface area contributed by atoms with Crippen LogP contribution in [-0.2, 0) is 4.74 Å². The zero-order valence-corrected chi connectivity index (χ0v) is 7.94. The van der Waals surface area contributed by atoms with Crippen molar-refractivity contribution in [2.45, 2.75) is 18.9 Å². The minimum atomic E-state index is 0.345. The van der Waals surface area contributed by atoms with Gasteiger partial charge in [-0.3, -0.25) is 0 Å². The fourth-order valence-electron chi connectivity index (χ4n) is 1.51. The highest BCUT2D eigenvalue weighted by Gasteiger charge is 2.13. The molecule has 1 saturated heterocycles. The Labute approximate surface area is 82.7 Å². The number of aromatic nitrogens is 2. The molecule has 0 radical (unpaired) electrons. The summed E-state index contributed by atoms with van der Waals surface area (Å²) in [5.74, 6) is 1.26. The first-order valence-electron chi connectivity index (χ1n) is 4.76. The predicted octanol–water partition coefficient (Wildman–Crippen LogP) is 0.650. The van der Waals surface area contributed by atoms with Crippen LogP contribution in [0.2, 0.25) is 0 Å². The lowest BCUT2D eigenvalue weighted by Gasteiger charge is -2.23. The van der Waals surface area contributed by atoms with Crippen molar-refractivity contribution in [3.05, 3.63) is 12.4 Å². The third-order valence-corrected chi connectivity index (χ3v) is 2.20. The highest BCUT2D eigenvalue weighted by molar-refractivity contribution is 5.43. The lowest BCUT2D eigenvalue weighted by molar-refractivity contribution is 0.0875. The van der Waals surface area contributed by atoms with Crippen molar-refractivity contribution in [1.29, 1.82) is 0 Å². The maximum atomic E-state index is 5.54. The van der Waals surface area contributed by atoms with Crippen LogP contribution in [0.4, 0.5) is 11.6 Å². The molecule has 1 fully saturated rings. The van der Waals surface area contributed by atoms with Gasteiger partial charge in [0, 0.05) is 12.7 Å². The van der Waals surface area contributed by atoms with Gasteiger partial charge in [0.05, 0.1) is 12.6 Å². The molecule has 3 N–H and O–H groups in total. The Morgan fingerprint density at radius 3 is 3.14 bits per heavy atom. The first-order chi connectivity index (χ1) is 6.84. The molecule has 2 heterocycles. The fraction of sp³-hybridized carbons (Fsp3) is 0.556. The Bertz CT molecular complexity index is 299. The molecule has 0 aliphatic carbocycles. The van der Waals surface area contributed by atoms with E-state index in [0.717, 1.165) is 31.9 Å². The quantitative estimate of drug-likeness (QED) is 0.723. The average Bonchev–Trinajstić information content (AvgIpc) is 2.19. The van der Waals surface area contributed by atoms with E-state index in [1.807, 2.05) is 0 Å². The number of nitrogens with zero attached hydrogens (tertiary/aromatic N) is 2. The number of ether oxygens (including phenoxy) is 1. The lowest BCUT2D eigenvalue weighted by Crippen LogP contribution is -2.30. The van der Waals surface area contributed by atoms with Gasteiger partial charge in [-0.05, 0) is 12.8 Å². The van der Waals surface area contributed by atoms with Crippen molar-refractivity contribution in [2.75, 3.05) is 24.3 Å². The summed E-state index contributed by atoms with van der Waals surface area (Å²) in [7, 11) is 0. The molecule has 1 aromatic rings. The molecule has 0 aromatic carbocycles. The number of nitrogen functional groups attached to an aromatic ring is 1. The van der Waals surface area contributed by atoms with Crippen LogP contribution in [0.1, 0.15) is 12.8 Å². The third kappa shape index (κ3) is 2.32. The second-order valence-corrected chi connectivity index (χ2v) is 3.39. The summed E-state index contributed by atoms with van der Waals surface area (Å²) in [6.07, 6.45) is 3.67. The van der Waals surface area contributed by atoms with Crippen LogP contribution in [0.3, 0.4) is 0 Å². The molecule has 0 bridgehead atoms. The number of rotatable bonds is 2. The van der Waals surface area contributed by atoms with Crippen LogP contribution < -0.4 is 11.1 Å². The van der Waals surface area contributed by atoms with Crippen molar-refractivity contribution in [3.63, 3.8) is 0 Å². The topological polar surface area (TPSA) is 73.1 Å². The molecule has 0 saturated carbocycles. The molecule has 1 aliphatic heterocycles. The Morgan fingerprint density at radius 2 is 2.43 bits per heavy atom. The van der Waals surface area contributed by atoms with Crippen LogP contribution in [0, 0.1) is 0 Å². The average molecular weight is 194 g/mol. The Hall–Kier alpha value is -1.36. The summed E-state index contributed by atoms with van der Waals surface area (Å²) >= 11 is 0. The van der Waals surface area contributed by atoms with Crippen LogP contribution in [0.15, 0.2) is 12.4 Å². The molecule has 0 spiro atoms. The molecular weight excluding hydrogens is 180 g/mol. The number of hydrogen-bond acceptors (Lipinski definition) is 5. The number of hydrogen-bond donors (Lipinski definition) is 2. The summed E-state index contributed by atoms with van der Waals surface area (Å²) in [6, 6.07) is 2.08. The van der Waals surface area contributed by atoms with Crippen molar-refractivity contribution in [3.8, 4) is 0 Å². The van der Waals surface area contributed by atoms with E-state index in [9.17, 15) is 0 Å². The summed E-state index contributed by atoms with van der Waals surface area (Å²) in [4.78, 5) is 7.90. The largest absolute Gasteiger partial charge is 0.384 e. The van der Waals surface area contributed by atoms with Gasteiger partial charge in [-0.25, -0.2) is 9.97 Å². The molecule has 5 heteroatoms. The third-order valence-electron chi connectivity index (χ3n) is 2.20. The van der Waals surface area contributed by atoms with Gasteiger partial charge in [0.2, 0.25) is 0 Å². The van der Waals surface area contributed by atoms with Crippen LogP contribution in [-0.4, -0.2) is 29.2 Å². The molecular formula is C9H14N4O. The second-order valence-electron chi connectivity index (χ2n) is 3.39. The minimum absolute atomic E-state index is 0.345. The molecule has 1 unspecified atom stereocenters. The molecule has 76 valence electrons. The van der Waals surface area contributed by atoms with Crippen LogP contribution >= 0.6 is 0 Å². The van der Waals surface area contributed by atoms with Crippen molar-refractivity contribution in [1.82, 2.24) is 9.97 Å². The number of anilines is 2. The fourth-order valence-corrected chi connectivity index (χ4v) is 1.51. The maximum absolute atomic E-state index is 5.54. The summed E-state index contributed by atoms with van der Waals surface area (Å²) in [6.45, 7) is 1.61. The minimum Gasteiger partial charge on any atom is -0.384 e. The molecule has 1 atom stereocenters. The van der Waals surface area contributed by atoms with E-state index in [2.05, 4.69) is 15.3 Å². The van der Waals surface area contributed by atoms with E-state index in [4.69, 9.17) is 10.5 Å². The number of nitrogens with two attached hydrogens (primary N) is 1. The van der Waals surface area contributed by atoms with Crippen molar-refractivity contribution >= 4 is 11.6 Å². The highest BCUT2D eigenvalue weighted by atomic mass is 16.5. The Kier molecular flexibility index (Phi) is 2.78. The number of nitrogens with one attached hydrogen (secondary N) is 1. The molecule has 5 nitrogen and oxygen atoms in total. The Morgan fingerprint density at radius 1 is 1.50 bits per heavy atom. The normalized spacial score (nSPS) is 21.9. The van der Waals surface area contributed by atoms with Gasteiger partial charge in [0.15, 0.2) is 0 Å². The van der Waals surface area contributed by atoms with E-state index in [0.29, 0.717) is 11.9 Å². The van der Waals surface area contributed by atoms with Crippen molar-refractivity contribution in [2.24, 2.45) is 0 Å². The smallest absolute Gasteiger partial charge is 0.131 e. The van der Waals surface area contributed by atoms with E-state index >= 15 is 0 Å². The van der Waals surface area contributed by atoms with Crippen molar-refractivity contribution < 1.29 is 4.74 Å². The van der Waals surface area contributed by atoms with Gasteiger partial charge in [-0.1, -0.05) is 0 Å². The summed E-state index contributed by atoms with van der Waals surface area (Å²) < 4.78 is 5.35. The van der Waals surface area contributed by atoms with Gasteiger partial charge >= 0.3 is 0 Å². The van der Waals surface area contributed by atoms with E-state index in [1.165, 1.54) is 6.33 Å². The second kappa shape index (κ2) is 4.23. The lowest BCUT2D eigenvalue weighted by atomic mass is 10.1. The zero-order chi connectivity index (χ0) is 9.80. The molecule has 2 rings (SSSR count). The van der Waals surface area contributed by atoms with Gasteiger partial charge in [0.25, 0.3) is 0 Å². The molecule has 14 heavy (non-hydrogen) atoms. The van der Waals surface area contributed by atoms with Crippen LogP contribution in [0.5, 0.6) is 0 Å². The van der Waals surface area contributed by atoms with Gasteiger partial charge < -0.3 is 15.8 Å². The maximum Gasteiger partial charge on any atom is 0.131 e. The first kappa shape index (κ1) is 9.21. The molecule has 0 amide bonds. The predicted molar refractivity (Wildman–Crippen MR) is 53.9 cm³/mol. The van der Waals surface area contributed by atoms with Crippen LogP contribution in [0.25, 0.3) is 0 Å². The van der Waals surface area contributed by atoms with E-state index in [1.54, 1.807) is 6.07 Å². The molecule has 1 aromatic heterocycles. The van der Waals surface area contributed by atoms with Gasteiger partial charge in [-0.15, -0.1) is 0 Å². The molecule has 1 aliphatic rings.